The molecule has 0 aliphatic carbocycles. The fraction of sp³-hybridized carbons (Fsp3) is 0.714. The van der Waals surface area contributed by atoms with Crippen LogP contribution in [0.4, 0.5) is 0 Å². The van der Waals surface area contributed by atoms with Crippen molar-refractivity contribution >= 4 is 19.6 Å². The van der Waals surface area contributed by atoms with Crippen molar-refractivity contribution in [3.8, 4) is 0 Å². The van der Waals surface area contributed by atoms with Crippen LogP contribution in [0.3, 0.4) is 0 Å². The highest BCUT2D eigenvalue weighted by Crippen LogP contribution is 2.30. The lowest BCUT2D eigenvalue weighted by atomic mass is 10.5. The molecule has 1 N–H and O–H groups in total. The van der Waals surface area contributed by atoms with Gasteiger partial charge in [0.2, 0.25) is 5.52 Å². The Labute approximate surface area is 78.4 Å². The lowest BCUT2D eigenvalue weighted by molar-refractivity contribution is -0.861. The summed E-state index contributed by atoms with van der Waals surface area (Å²) in [5.41, 5.74) is -0.410. The van der Waals surface area contributed by atoms with E-state index >= 15 is 0 Å². The molecule has 0 spiro atoms. The second-order valence-electron chi connectivity index (χ2n) is 3.77. The molecule has 0 aromatic heterocycles. The predicted molar refractivity (Wildman–Crippen MR) is 46.9 cm³/mol. The first-order valence-electron chi connectivity index (χ1n) is 3.72. The molecule has 0 amide bonds. The smallest absolute Gasteiger partial charge is 0.235 e. The fourth-order valence-electron chi connectivity index (χ4n) is 0.698. The molecule has 0 aliphatic heterocycles. The highest BCUT2D eigenvalue weighted by Gasteiger charge is 2.22. The lowest BCUT2D eigenvalue weighted by Gasteiger charge is -2.23. The summed E-state index contributed by atoms with van der Waals surface area (Å²) >= 11 is 0. The minimum absolute atomic E-state index is 0.134. The fourth-order valence-corrected chi connectivity index (χ4v) is 1.71. The summed E-state index contributed by atoms with van der Waals surface area (Å²) in [6.45, 7) is 0.134. The average Bonchev–Trinajstić information content (AvgIpc) is 1.81. The molecule has 0 heterocycles. The van der Waals surface area contributed by atoms with Crippen LogP contribution in [0.2, 0.25) is 0 Å². The molecule has 0 rings (SSSR count). The minimum Gasteiger partial charge on any atom is -0.550 e. The van der Waals surface area contributed by atoms with E-state index in [1.54, 1.807) is 21.1 Å². The van der Waals surface area contributed by atoms with E-state index in [-0.39, 0.29) is 6.54 Å². The quantitative estimate of drug-likeness (QED) is 0.433. The van der Waals surface area contributed by atoms with Crippen LogP contribution < -0.4 is 5.11 Å². The van der Waals surface area contributed by atoms with E-state index in [2.05, 4.69) is 0 Å². The Morgan fingerprint density at radius 1 is 1.38 bits per heavy atom. The van der Waals surface area contributed by atoms with Gasteiger partial charge in [-0.25, -0.2) is 0 Å². The van der Waals surface area contributed by atoms with Gasteiger partial charge < -0.3 is 19.3 Å². The van der Waals surface area contributed by atoms with Gasteiger partial charge in [0, 0.05) is 12.1 Å². The van der Waals surface area contributed by atoms with Gasteiger partial charge in [-0.1, -0.05) is 0 Å². The molecule has 1 atom stereocenters. The summed E-state index contributed by atoms with van der Waals surface area (Å²) in [5.74, 6) is -1.39. The van der Waals surface area contributed by atoms with Crippen molar-refractivity contribution in [2.45, 2.75) is 0 Å². The Hall–Kier alpha value is -0.510. The van der Waals surface area contributed by atoms with E-state index in [4.69, 9.17) is 4.89 Å². The molecular weight excluding hydrogens is 193 g/mol. The number of carbonyl (C=O) groups is 2. The van der Waals surface area contributed by atoms with Gasteiger partial charge in [0.25, 0.3) is 0 Å². The van der Waals surface area contributed by atoms with Gasteiger partial charge in [0.1, 0.15) is 14.7 Å². The molecule has 76 valence electrons. The van der Waals surface area contributed by atoms with Crippen molar-refractivity contribution in [2.24, 2.45) is 0 Å². The molecule has 0 saturated heterocycles. The van der Waals surface area contributed by atoms with Gasteiger partial charge in [-0.3, -0.25) is 4.79 Å². The maximum absolute atomic E-state index is 11.2. The van der Waals surface area contributed by atoms with E-state index in [1.807, 2.05) is 0 Å². The van der Waals surface area contributed by atoms with Crippen LogP contribution in [0.1, 0.15) is 0 Å². The SMILES string of the molecule is C[N+](C)(C)CC(=O)P(O)CC(=O)[O-]. The van der Waals surface area contributed by atoms with Crippen molar-refractivity contribution in [1.82, 2.24) is 0 Å². The largest absolute Gasteiger partial charge is 0.550 e. The zero-order valence-corrected chi connectivity index (χ0v) is 8.88. The van der Waals surface area contributed by atoms with Crippen LogP contribution in [-0.2, 0) is 9.59 Å². The highest BCUT2D eigenvalue weighted by molar-refractivity contribution is 7.70. The number of quaternary nitrogens is 1. The van der Waals surface area contributed by atoms with Gasteiger partial charge in [0.15, 0.2) is 0 Å². The molecule has 5 nitrogen and oxygen atoms in total. The Kier molecular flexibility index (Phi) is 4.47. The van der Waals surface area contributed by atoms with Gasteiger partial charge in [-0.2, -0.15) is 0 Å². The summed E-state index contributed by atoms with van der Waals surface area (Å²) in [6, 6.07) is 0. The number of aliphatic carboxylic acids is 1. The minimum atomic E-state index is -2.06. The Morgan fingerprint density at radius 2 is 1.85 bits per heavy atom. The Balaban J connectivity index is 4.05. The van der Waals surface area contributed by atoms with E-state index in [0.29, 0.717) is 4.48 Å². The van der Waals surface area contributed by atoms with Gasteiger partial charge in [-0.15, -0.1) is 0 Å². The number of carboxylic acids is 1. The van der Waals surface area contributed by atoms with Crippen LogP contribution >= 0.6 is 8.15 Å². The van der Waals surface area contributed by atoms with Crippen molar-refractivity contribution in [3.05, 3.63) is 0 Å². The molecule has 0 fully saturated rings. The third kappa shape index (κ3) is 6.63. The third-order valence-corrected chi connectivity index (χ3v) is 2.45. The number of rotatable bonds is 5. The standard InChI is InChI=1S/C7H14NO4P/c1-8(2,3)4-7(11)13(12)5-6(9)10/h12H,4-5H2,1-3H3. The second-order valence-corrected chi connectivity index (χ2v) is 5.39. The van der Waals surface area contributed by atoms with Crippen LogP contribution in [0, 0.1) is 0 Å². The molecule has 0 aromatic rings. The van der Waals surface area contributed by atoms with Gasteiger partial charge in [0.05, 0.1) is 21.1 Å². The van der Waals surface area contributed by atoms with Gasteiger partial charge in [-0.05, 0) is 0 Å². The number of hydrogen-bond acceptors (Lipinski definition) is 4. The number of carboxylic acid groups (broad SMARTS) is 1. The Bertz CT molecular complexity index is 211. The predicted octanol–water partition coefficient (Wildman–Crippen LogP) is -1.64. The van der Waals surface area contributed by atoms with Crippen LogP contribution in [0.15, 0.2) is 0 Å². The normalized spacial score (nSPS) is 13.8. The second kappa shape index (κ2) is 4.65. The van der Waals surface area contributed by atoms with E-state index in [9.17, 15) is 14.7 Å². The third-order valence-electron chi connectivity index (χ3n) is 1.18. The van der Waals surface area contributed by atoms with Crippen molar-refractivity contribution in [3.63, 3.8) is 0 Å². The molecular formula is C7H14NO4P. The maximum atomic E-state index is 11.2. The number of hydrogen-bond donors (Lipinski definition) is 1. The van der Waals surface area contributed by atoms with Crippen LogP contribution in [-0.4, -0.2) is 54.7 Å². The molecule has 0 radical (unpaired) electrons. The van der Waals surface area contributed by atoms with Gasteiger partial charge >= 0.3 is 0 Å². The zero-order chi connectivity index (χ0) is 10.6. The van der Waals surface area contributed by atoms with E-state index < -0.39 is 25.8 Å². The molecule has 0 saturated carbocycles. The molecule has 13 heavy (non-hydrogen) atoms. The van der Waals surface area contributed by atoms with E-state index in [1.165, 1.54) is 0 Å². The number of carbonyl (C=O) groups excluding carboxylic acids is 2. The molecule has 6 heteroatoms. The first-order valence-corrected chi connectivity index (χ1v) is 5.20. The maximum Gasteiger partial charge on any atom is 0.235 e. The van der Waals surface area contributed by atoms with Crippen molar-refractivity contribution < 1.29 is 24.1 Å². The van der Waals surface area contributed by atoms with Crippen LogP contribution in [0.5, 0.6) is 0 Å². The average molecular weight is 207 g/mol. The Morgan fingerprint density at radius 3 is 2.15 bits per heavy atom. The summed E-state index contributed by atoms with van der Waals surface area (Å²) < 4.78 is 0.380. The first-order chi connectivity index (χ1) is 5.72. The number of likely N-dealkylation sites (N-methyl/N-ethyl adjacent to an activating group) is 1. The topological polar surface area (TPSA) is 77.4 Å². The molecule has 1 unspecified atom stereocenters. The summed E-state index contributed by atoms with van der Waals surface area (Å²) in [6.07, 6.45) is -0.561. The first kappa shape index (κ1) is 12.5. The summed E-state index contributed by atoms with van der Waals surface area (Å²) in [4.78, 5) is 30.4. The molecule has 0 bridgehead atoms. The van der Waals surface area contributed by atoms with Crippen molar-refractivity contribution in [1.29, 1.82) is 0 Å². The summed E-state index contributed by atoms with van der Waals surface area (Å²) in [7, 11) is 3.31. The van der Waals surface area contributed by atoms with Crippen molar-refractivity contribution in [2.75, 3.05) is 33.8 Å². The summed E-state index contributed by atoms with van der Waals surface area (Å²) in [5, 5.41) is 10.1. The lowest BCUT2D eigenvalue weighted by Crippen LogP contribution is -2.39. The number of nitrogens with zero attached hydrogens (tertiary/aromatic N) is 1. The zero-order valence-electron chi connectivity index (χ0n) is 7.98. The van der Waals surface area contributed by atoms with E-state index in [0.717, 1.165) is 0 Å². The molecule has 0 aliphatic rings. The monoisotopic (exact) mass is 207 g/mol. The van der Waals surface area contributed by atoms with Crippen LogP contribution in [0.25, 0.3) is 0 Å². The molecule has 0 aromatic carbocycles. The highest BCUT2D eigenvalue weighted by atomic mass is 31.1.